The molecule has 2 nitrogen and oxygen atoms in total. The van der Waals surface area contributed by atoms with Gasteiger partial charge in [-0.1, -0.05) is 31.4 Å². The third-order valence-corrected chi connectivity index (χ3v) is 4.96. The van der Waals surface area contributed by atoms with Crippen molar-refractivity contribution in [2.45, 2.75) is 30.6 Å². The van der Waals surface area contributed by atoms with Crippen LogP contribution in [0.15, 0.2) is 29.2 Å². The standard InChI is InChI=1S/C13H22O2SSi/c1-14-12-5-7-13(8-6-12)16-11-15-9-10-17(2,3)4/h5-8H,9-11H2,1-4H3. The summed E-state index contributed by atoms with van der Waals surface area (Å²) in [6, 6.07) is 9.31. The van der Waals surface area contributed by atoms with Gasteiger partial charge in [-0.05, 0) is 30.3 Å². The first-order chi connectivity index (χ1) is 8.01. The van der Waals surface area contributed by atoms with E-state index in [-0.39, 0.29) is 0 Å². The molecule has 17 heavy (non-hydrogen) atoms. The second kappa shape index (κ2) is 7.09. The van der Waals surface area contributed by atoms with Crippen molar-refractivity contribution in [3.8, 4) is 5.75 Å². The van der Waals surface area contributed by atoms with Gasteiger partial charge in [-0.3, -0.25) is 0 Å². The molecular formula is C13H22O2SSi. The number of hydrogen-bond acceptors (Lipinski definition) is 3. The molecule has 0 aliphatic carbocycles. The van der Waals surface area contributed by atoms with Gasteiger partial charge in [0.05, 0.1) is 13.0 Å². The van der Waals surface area contributed by atoms with Crippen molar-refractivity contribution in [3.05, 3.63) is 24.3 Å². The van der Waals surface area contributed by atoms with Gasteiger partial charge in [-0.2, -0.15) is 0 Å². The lowest BCUT2D eigenvalue weighted by atomic mass is 10.3. The first-order valence-electron chi connectivity index (χ1n) is 5.86. The summed E-state index contributed by atoms with van der Waals surface area (Å²) in [5, 5.41) is 0. The Hall–Kier alpha value is -0.453. The minimum Gasteiger partial charge on any atom is -0.497 e. The zero-order chi connectivity index (χ0) is 12.7. The highest BCUT2D eigenvalue weighted by Crippen LogP contribution is 2.21. The van der Waals surface area contributed by atoms with Crippen LogP contribution in [0.2, 0.25) is 25.7 Å². The van der Waals surface area contributed by atoms with Crippen LogP contribution in [0.5, 0.6) is 5.75 Å². The Labute approximate surface area is 110 Å². The van der Waals surface area contributed by atoms with Crippen LogP contribution in [-0.2, 0) is 4.74 Å². The van der Waals surface area contributed by atoms with Crippen molar-refractivity contribution in [1.82, 2.24) is 0 Å². The second-order valence-electron chi connectivity index (χ2n) is 5.16. The minimum absolute atomic E-state index is 0.733. The molecule has 0 fully saturated rings. The molecule has 0 N–H and O–H groups in total. The van der Waals surface area contributed by atoms with Crippen LogP contribution in [0.4, 0.5) is 0 Å². The highest BCUT2D eigenvalue weighted by atomic mass is 32.2. The summed E-state index contributed by atoms with van der Waals surface area (Å²) < 4.78 is 10.8. The van der Waals surface area contributed by atoms with Crippen LogP contribution in [0.3, 0.4) is 0 Å². The number of methoxy groups -OCH3 is 1. The summed E-state index contributed by atoms with van der Waals surface area (Å²) in [4.78, 5) is 1.22. The quantitative estimate of drug-likeness (QED) is 0.322. The van der Waals surface area contributed by atoms with Gasteiger partial charge < -0.3 is 9.47 Å². The molecule has 0 radical (unpaired) electrons. The molecule has 0 atom stereocenters. The fourth-order valence-electron chi connectivity index (χ4n) is 1.22. The van der Waals surface area contributed by atoms with Crippen LogP contribution >= 0.6 is 11.8 Å². The highest BCUT2D eigenvalue weighted by molar-refractivity contribution is 7.99. The summed E-state index contributed by atoms with van der Waals surface area (Å²) in [6.45, 7) is 7.99. The molecule has 0 saturated heterocycles. The van der Waals surface area contributed by atoms with Crippen molar-refractivity contribution < 1.29 is 9.47 Å². The van der Waals surface area contributed by atoms with E-state index < -0.39 is 8.07 Å². The average molecular weight is 270 g/mol. The lowest BCUT2D eigenvalue weighted by Gasteiger charge is -2.15. The Balaban J connectivity index is 2.18. The summed E-state index contributed by atoms with van der Waals surface area (Å²) in [5.74, 6) is 1.63. The van der Waals surface area contributed by atoms with E-state index in [4.69, 9.17) is 9.47 Å². The maximum absolute atomic E-state index is 5.64. The molecule has 0 aliphatic heterocycles. The largest absolute Gasteiger partial charge is 0.497 e. The van der Waals surface area contributed by atoms with Gasteiger partial charge >= 0.3 is 0 Å². The van der Waals surface area contributed by atoms with E-state index in [1.807, 2.05) is 12.1 Å². The third-order valence-electron chi connectivity index (χ3n) is 2.36. The van der Waals surface area contributed by atoms with Gasteiger partial charge in [0.25, 0.3) is 0 Å². The Bertz CT molecular complexity index is 319. The van der Waals surface area contributed by atoms with Crippen LogP contribution in [-0.4, -0.2) is 27.7 Å². The van der Waals surface area contributed by atoms with Crippen molar-refractivity contribution in [3.63, 3.8) is 0 Å². The summed E-state index contributed by atoms with van der Waals surface area (Å²) in [6.07, 6.45) is 0. The van der Waals surface area contributed by atoms with Crippen molar-refractivity contribution in [2.24, 2.45) is 0 Å². The molecule has 0 amide bonds. The maximum Gasteiger partial charge on any atom is 0.118 e. The normalized spacial score (nSPS) is 11.5. The van der Waals surface area contributed by atoms with Gasteiger partial charge in [0, 0.05) is 19.6 Å². The van der Waals surface area contributed by atoms with Gasteiger partial charge in [0.15, 0.2) is 0 Å². The lowest BCUT2D eigenvalue weighted by molar-refractivity contribution is 0.198. The molecule has 1 aromatic carbocycles. The van der Waals surface area contributed by atoms with E-state index in [9.17, 15) is 0 Å². The van der Waals surface area contributed by atoms with Gasteiger partial charge in [-0.15, -0.1) is 0 Å². The van der Waals surface area contributed by atoms with E-state index in [2.05, 4.69) is 31.8 Å². The smallest absolute Gasteiger partial charge is 0.118 e. The first-order valence-corrected chi connectivity index (χ1v) is 10.6. The molecule has 0 saturated carbocycles. The van der Waals surface area contributed by atoms with E-state index in [0.29, 0.717) is 0 Å². The second-order valence-corrected chi connectivity index (χ2v) is 11.8. The fourth-order valence-corrected chi connectivity index (χ4v) is 2.64. The lowest BCUT2D eigenvalue weighted by Crippen LogP contribution is -2.21. The third kappa shape index (κ3) is 6.76. The Kier molecular flexibility index (Phi) is 6.09. The average Bonchev–Trinajstić information content (AvgIpc) is 2.28. The molecule has 1 aromatic rings. The molecule has 1 rings (SSSR count). The minimum atomic E-state index is -0.950. The Morgan fingerprint density at radius 3 is 2.29 bits per heavy atom. The van der Waals surface area contributed by atoms with Crippen LogP contribution < -0.4 is 4.74 Å². The molecule has 0 spiro atoms. The molecule has 4 heteroatoms. The zero-order valence-electron chi connectivity index (χ0n) is 11.2. The molecular weight excluding hydrogens is 248 g/mol. The summed E-state index contributed by atoms with van der Waals surface area (Å²) >= 11 is 1.73. The predicted molar refractivity (Wildman–Crippen MR) is 77.8 cm³/mol. The number of ether oxygens (including phenoxy) is 2. The monoisotopic (exact) mass is 270 g/mol. The highest BCUT2D eigenvalue weighted by Gasteiger charge is 2.11. The van der Waals surface area contributed by atoms with E-state index in [1.165, 1.54) is 10.9 Å². The molecule has 0 unspecified atom stereocenters. The van der Waals surface area contributed by atoms with E-state index >= 15 is 0 Å². The van der Waals surface area contributed by atoms with Crippen LogP contribution in [0.25, 0.3) is 0 Å². The number of rotatable bonds is 7. The number of benzene rings is 1. The molecule has 0 heterocycles. The first kappa shape index (κ1) is 14.6. The summed E-state index contributed by atoms with van der Waals surface area (Å²) in [5.41, 5.74) is 0. The topological polar surface area (TPSA) is 18.5 Å². The van der Waals surface area contributed by atoms with Gasteiger partial charge in [0.2, 0.25) is 0 Å². The van der Waals surface area contributed by atoms with E-state index in [0.717, 1.165) is 18.3 Å². The van der Waals surface area contributed by atoms with E-state index in [1.54, 1.807) is 18.9 Å². The zero-order valence-corrected chi connectivity index (χ0v) is 13.0. The maximum atomic E-state index is 5.64. The molecule has 0 aliphatic rings. The Morgan fingerprint density at radius 2 is 1.76 bits per heavy atom. The number of thioether (sulfide) groups is 1. The number of hydrogen-bond donors (Lipinski definition) is 0. The summed E-state index contributed by atoms with van der Waals surface area (Å²) in [7, 11) is 0.733. The van der Waals surface area contributed by atoms with Crippen molar-refractivity contribution in [2.75, 3.05) is 19.7 Å². The SMILES string of the molecule is COc1ccc(SCOCC[Si](C)(C)C)cc1. The molecule has 0 aromatic heterocycles. The van der Waals surface area contributed by atoms with Crippen molar-refractivity contribution in [1.29, 1.82) is 0 Å². The molecule has 96 valence electrons. The fraction of sp³-hybridized carbons (Fsp3) is 0.538. The molecule has 0 bridgehead atoms. The predicted octanol–water partition coefficient (Wildman–Crippen LogP) is 4.10. The van der Waals surface area contributed by atoms with Crippen LogP contribution in [0, 0.1) is 0 Å². The Morgan fingerprint density at radius 1 is 1.12 bits per heavy atom. The van der Waals surface area contributed by atoms with Crippen LogP contribution in [0.1, 0.15) is 0 Å². The van der Waals surface area contributed by atoms with Gasteiger partial charge in [-0.25, -0.2) is 0 Å². The van der Waals surface area contributed by atoms with Gasteiger partial charge in [0.1, 0.15) is 5.75 Å². The van der Waals surface area contributed by atoms with Crippen molar-refractivity contribution >= 4 is 19.8 Å².